The Morgan fingerprint density at radius 2 is 1.86 bits per heavy atom. The van der Waals surface area contributed by atoms with Crippen LogP contribution in [0, 0.1) is 0 Å². The molecule has 0 saturated carbocycles. The third kappa shape index (κ3) is 3.88. The minimum absolute atomic E-state index is 0.438. The van der Waals surface area contributed by atoms with Gasteiger partial charge in [-0.25, -0.2) is 9.97 Å². The van der Waals surface area contributed by atoms with Gasteiger partial charge in [-0.05, 0) is 19.0 Å². The van der Waals surface area contributed by atoms with Gasteiger partial charge >= 0.3 is 0 Å². The van der Waals surface area contributed by atoms with Crippen molar-refractivity contribution in [2.45, 2.75) is 6.42 Å². The van der Waals surface area contributed by atoms with Crippen LogP contribution in [-0.2, 0) is 10.2 Å². The van der Waals surface area contributed by atoms with E-state index in [0.29, 0.717) is 51.6 Å². The zero-order valence-corrected chi connectivity index (χ0v) is 13.0. The van der Waals surface area contributed by atoms with Crippen LogP contribution in [0.5, 0.6) is 0 Å². The highest BCUT2D eigenvalue weighted by atomic mass is 32.2. The van der Waals surface area contributed by atoms with Gasteiger partial charge in [-0.15, -0.1) is 0 Å². The molecule has 9 heteroatoms. The molecule has 2 rings (SSSR count). The Balaban J connectivity index is 1.94. The fourth-order valence-electron chi connectivity index (χ4n) is 2.20. The van der Waals surface area contributed by atoms with Crippen molar-refractivity contribution in [1.29, 1.82) is 0 Å². The number of aromatic nitrogens is 2. The van der Waals surface area contributed by atoms with E-state index in [2.05, 4.69) is 9.97 Å². The number of nitrogens with zero attached hydrogens (tertiary/aromatic N) is 5. The summed E-state index contributed by atoms with van der Waals surface area (Å²) in [6, 6.07) is 1.76. The van der Waals surface area contributed by atoms with E-state index in [1.807, 2.05) is 4.90 Å². The molecule has 1 aliphatic heterocycles. The molecule has 0 bridgehead atoms. The van der Waals surface area contributed by atoms with Gasteiger partial charge in [0.15, 0.2) is 0 Å². The largest absolute Gasteiger partial charge is 0.338 e. The van der Waals surface area contributed by atoms with Crippen molar-refractivity contribution >= 4 is 16.2 Å². The lowest BCUT2D eigenvalue weighted by Gasteiger charge is -2.35. The smallest absolute Gasteiger partial charge is 0.281 e. The van der Waals surface area contributed by atoms with Crippen LogP contribution < -0.4 is 10.6 Å². The number of rotatable bonds is 6. The predicted octanol–water partition coefficient (Wildman–Crippen LogP) is -0.876. The quantitative estimate of drug-likeness (QED) is 0.733. The lowest BCUT2D eigenvalue weighted by atomic mass is 10.4. The fraction of sp³-hybridized carbons (Fsp3) is 0.667. The van der Waals surface area contributed by atoms with E-state index >= 15 is 0 Å². The van der Waals surface area contributed by atoms with E-state index in [0.717, 1.165) is 0 Å². The molecule has 1 aliphatic rings. The van der Waals surface area contributed by atoms with E-state index in [-0.39, 0.29) is 0 Å². The molecule has 0 atom stereocenters. The Kier molecular flexibility index (Phi) is 5.45. The molecule has 0 amide bonds. The van der Waals surface area contributed by atoms with Gasteiger partial charge in [0.25, 0.3) is 10.2 Å². The van der Waals surface area contributed by atoms with E-state index in [4.69, 9.17) is 5.73 Å². The van der Waals surface area contributed by atoms with Gasteiger partial charge in [-0.3, -0.25) is 0 Å². The van der Waals surface area contributed by atoms with Crippen molar-refractivity contribution in [1.82, 2.24) is 18.6 Å². The lowest BCUT2D eigenvalue weighted by molar-refractivity contribution is 0.340. The monoisotopic (exact) mass is 314 g/mol. The first kappa shape index (κ1) is 16.1. The van der Waals surface area contributed by atoms with Gasteiger partial charge < -0.3 is 10.6 Å². The third-order valence-corrected chi connectivity index (χ3v) is 5.46. The van der Waals surface area contributed by atoms with Crippen molar-refractivity contribution in [3.8, 4) is 0 Å². The SMILES string of the molecule is CN(CCCN)S(=O)(=O)N1CCN(c2ncccn2)CC1. The molecule has 0 unspecified atom stereocenters. The van der Waals surface area contributed by atoms with Gasteiger partial charge in [0, 0.05) is 52.2 Å². The second-order valence-corrected chi connectivity index (χ2v) is 6.94. The van der Waals surface area contributed by atoms with Crippen molar-refractivity contribution in [3.63, 3.8) is 0 Å². The number of nitrogens with two attached hydrogens (primary N) is 1. The molecule has 0 aromatic carbocycles. The number of hydrogen-bond donors (Lipinski definition) is 1. The van der Waals surface area contributed by atoms with Crippen LogP contribution >= 0.6 is 0 Å². The second kappa shape index (κ2) is 7.12. The van der Waals surface area contributed by atoms with Gasteiger partial charge in [0.05, 0.1) is 0 Å². The molecule has 0 radical (unpaired) electrons. The van der Waals surface area contributed by atoms with Gasteiger partial charge in [0.1, 0.15) is 0 Å². The lowest BCUT2D eigenvalue weighted by Crippen LogP contribution is -2.52. The molecular formula is C12H22N6O2S. The zero-order chi connectivity index (χ0) is 15.3. The average molecular weight is 314 g/mol. The van der Waals surface area contributed by atoms with Gasteiger partial charge in [-0.2, -0.15) is 17.0 Å². The summed E-state index contributed by atoms with van der Waals surface area (Å²) in [6.07, 6.45) is 4.03. The van der Waals surface area contributed by atoms with Gasteiger partial charge in [0.2, 0.25) is 5.95 Å². The topological polar surface area (TPSA) is 95.7 Å². The standard InChI is InChI=1S/C12H22N6O2S/c1-16(7-2-4-13)21(19,20)18-10-8-17(9-11-18)12-14-5-3-6-15-12/h3,5-6H,2,4,7-11,13H2,1H3. The second-order valence-electron chi connectivity index (χ2n) is 4.91. The number of hydrogen-bond acceptors (Lipinski definition) is 6. The van der Waals surface area contributed by atoms with E-state index in [9.17, 15) is 8.42 Å². The third-order valence-electron chi connectivity index (χ3n) is 3.47. The van der Waals surface area contributed by atoms with Crippen LogP contribution in [0.15, 0.2) is 18.5 Å². The van der Waals surface area contributed by atoms with Crippen LogP contribution in [0.4, 0.5) is 5.95 Å². The fourth-order valence-corrected chi connectivity index (χ4v) is 3.58. The first-order chi connectivity index (χ1) is 10.1. The van der Waals surface area contributed by atoms with Crippen molar-refractivity contribution < 1.29 is 8.42 Å². The summed E-state index contributed by atoms with van der Waals surface area (Å²) >= 11 is 0. The zero-order valence-electron chi connectivity index (χ0n) is 12.2. The van der Waals surface area contributed by atoms with Crippen LogP contribution in [0.1, 0.15) is 6.42 Å². The number of anilines is 1. The Hall–Kier alpha value is -1.29. The highest BCUT2D eigenvalue weighted by Gasteiger charge is 2.30. The van der Waals surface area contributed by atoms with E-state index < -0.39 is 10.2 Å². The molecule has 2 N–H and O–H groups in total. The first-order valence-corrected chi connectivity index (χ1v) is 8.39. The summed E-state index contributed by atoms with van der Waals surface area (Å²) in [5.41, 5.74) is 5.43. The van der Waals surface area contributed by atoms with E-state index in [1.54, 1.807) is 25.5 Å². The molecule has 0 aliphatic carbocycles. The van der Waals surface area contributed by atoms with Crippen LogP contribution in [0.3, 0.4) is 0 Å². The predicted molar refractivity (Wildman–Crippen MR) is 81.0 cm³/mol. The van der Waals surface area contributed by atoms with Crippen LogP contribution in [0.25, 0.3) is 0 Å². The summed E-state index contributed by atoms with van der Waals surface area (Å²) in [6.45, 7) is 2.99. The molecule has 21 heavy (non-hydrogen) atoms. The van der Waals surface area contributed by atoms with Crippen molar-refractivity contribution in [3.05, 3.63) is 18.5 Å². The molecular weight excluding hydrogens is 292 g/mol. The van der Waals surface area contributed by atoms with Gasteiger partial charge in [-0.1, -0.05) is 0 Å². The first-order valence-electron chi connectivity index (χ1n) is 6.99. The Bertz CT molecular complexity index is 530. The van der Waals surface area contributed by atoms with E-state index in [1.165, 1.54) is 8.61 Å². The highest BCUT2D eigenvalue weighted by molar-refractivity contribution is 7.86. The molecule has 0 spiro atoms. The highest BCUT2D eigenvalue weighted by Crippen LogP contribution is 2.14. The molecule has 118 valence electrons. The molecule has 1 aromatic rings. The van der Waals surface area contributed by atoms with Crippen LogP contribution in [-0.4, -0.2) is 73.3 Å². The maximum atomic E-state index is 12.4. The minimum atomic E-state index is -3.40. The maximum Gasteiger partial charge on any atom is 0.281 e. The van der Waals surface area contributed by atoms with Crippen molar-refractivity contribution in [2.24, 2.45) is 5.73 Å². The summed E-state index contributed by atoms with van der Waals surface area (Å²) in [4.78, 5) is 10.4. The Morgan fingerprint density at radius 3 is 2.43 bits per heavy atom. The molecule has 1 saturated heterocycles. The Labute approximate surface area is 125 Å². The van der Waals surface area contributed by atoms with Crippen LogP contribution in [0.2, 0.25) is 0 Å². The van der Waals surface area contributed by atoms with Crippen molar-refractivity contribution in [2.75, 3.05) is 51.2 Å². The maximum absolute atomic E-state index is 12.4. The molecule has 1 aromatic heterocycles. The molecule has 1 fully saturated rings. The average Bonchev–Trinajstić information content (AvgIpc) is 2.53. The molecule has 2 heterocycles. The normalized spacial score (nSPS) is 17.4. The summed E-state index contributed by atoms with van der Waals surface area (Å²) < 4.78 is 27.7. The number of piperazine rings is 1. The Morgan fingerprint density at radius 1 is 1.24 bits per heavy atom. The summed E-state index contributed by atoms with van der Waals surface area (Å²) in [5, 5.41) is 0. The molecule has 8 nitrogen and oxygen atoms in total. The minimum Gasteiger partial charge on any atom is -0.338 e. The summed E-state index contributed by atoms with van der Waals surface area (Å²) in [5.74, 6) is 0.644. The summed E-state index contributed by atoms with van der Waals surface area (Å²) in [7, 11) is -1.80.